The highest BCUT2D eigenvalue weighted by Gasteiger charge is 2.34. The zero-order chi connectivity index (χ0) is 15.0. The van der Waals surface area contributed by atoms with Crippen LogP contribution in [0.25, 0.3) is 5.65 Å². The van der Waals surface area contributed by atoms with E-state index in [0.717, 1.165) is 0 Å². The summed E-state index contributed by atoms with van der Waals surface area (Å²) in [5, 5.41) is 13.6. The third kappa shape index (κ3) is 2.81. The molecule has 0 radical (unpaired) electrons. The molecule has 1 atom stereocenters. The summed E-state index contributed by atoms with van der Waals surface area (Å²) in [4.78, 5) is 23.4. The average molecular weight is 329 g/mol. The lowest BCUT2D eigenvalue weighted by Gasteiger charge is -2.16. The number of nitrogens with one attached hydrogen (secondary N) is 1. The van der Waals surface area contributed by atoms with E-state index in [9.17, 15) is 14.4 Å². The van der Waals surface area contributed by atoms with Crippen molar-refractivity contribution < 1.29 is 14.4 Å². The number of imidazole rings is 1. The number of aromatic amines is 1. The highest BCUT2D eigenvalue weighted by molar-refractivity contribution is 7.52. The van der Waals surface area contributed by atoms with Gasteiger partial charge in [0.15, 0.2) is 5.82 Å². The molecule has 0 aliphatic carbocycles. The van der Waals surface area contributed by atoms with Crippen LogP contribution in [-0.2, 0) is 11.0 Å². The minimum atomic E-state index is -4.44. The van der Waals surface area contributed by atoms with Gasteiger partial charge in [-0.2, -0.15) is 5.21 Å². The van der Waals surface area contributed by atoms with E-state index in [0.29, 0.717) is 16.4 Å². The number of halogens is 1. The molecule has 21 heavy (non-hydrogen) atoms. The zero-order valence-electron chi connectivity index (χ0n) is 10.5. The number of aromatic nitrogens is 6. The van der Waals surface area contributed by atoms with Crippen LogP contribution < -0.4 is 0 Å². The van der Waals surface area contributed by atoms with Crippen molar-refractivity contribution in [2.75, 3.05) is 0 Å². The fraction of sp³-hybridized carbons (Fsp3) is 0.200. The Bertz CT molecular complexity index is 813. The van der Waals surface area contributed by atoms with E-state index in [1.165, 1.54) is 6.20 Å². The van der Waals surface area contributed by atoms with Gasteiger partial charge < -0.3 is 14.2 Å². The van der Waals surface area contributed by atoms with Crippen molar-refractivity contribution >= 4 is 24.8 Å². The fourth-order valence-electron chi connectivity index (χ4n) is 2.06. The van der Waals surface area contributed by atoms with E-state index in [-0.39, 0.29) is 12.2 Å². The standard InChI is InChI=1S/C10H10ClN6O3P/c11-6-1-2-17-7(5-12-10(17)3-6)8(21(18,19)20)4-9-13-15-16-14-9/h1-3,5,8H,4H2,(H2,18,19,20)(H,13,14,15,16). The number of H-pyrrole nitrogens is 1. The maximum atomic E-state index is 11.8. The number of hydrogen-bond acceptors (Lipinski definition) is 5. The van der Waals surface area contributed by atoms with Gasteiger partial charge in [-0.05, 0) is 12.1 Å². The van der Waals surface area contributed by atoms with Gasteiger partial charge in [-0.1, -0.05) is 16.8 Å². The summed E-state index contributed by atoms with van der Waals surface area (Å²) in [5.41, 5.74) is -0.255. The second-order valence-electron chi connectivity index (χ2n) is 4.39. The van der Waals surface area contributed by atoms with Crippen molar-refractivity contribution in [3.63, 3.8) is 0 Å². The summed E-state index contributed by atoms with van der Waals surface area (Å²) in [5.74, 6) is 0.215. The third-order valence-electron chi connectivity index (χ3n) is 3.02. The van der Waals surface area contributed by atoms with Crippen LogP contribution in [0.15, 0.2) is 24.5 Å². The van der Waals surface area contributed by atoms with Gasteiger partial charge in [0, 0.05) is 17.6 Å². The van der Waals surface area contributed by atoms with Gasteiger partial charge in [-0.15, -0.1) is 10.2 Å². The Morgan fingerprint density at radius 2 is 2.29 bits per heavy atom. The second-order valence-corrected chi connectivity index (χ2v) is 6.63. The lowest BCUT2D eigenvalue weighted by Crippen LogP contribution is -2.08. The molecule has 9 nitrogen and oxygen atoms in total. The van der Waals surface area contributed by atoms with E-state index in [1.54, 1.807) is 22.7 Å². The van der Waals surface area contributed by atoms with Gasteiger partial charge in [0.05, 0.1) is 11.9 Å². The Hall–Kier alpha value is -1.80. The number of nitrogens with zero attached hydrogens (tertiary/aromatic N) is 5. The molecule has 0 saturated carbocycles. The molecule has 3 N–H and O–H groups in total. The zero-order valence-corrected chi connectivity index (χ0v) is 12.1. The summed E-state index contributed by atoms with van der Waals surface area (Å²) in [6, 6.07) is 3.22. The first-order chi connectivity index (χ1) is 9.95. The quantitative estimate of drug-likeness (QED) is 0.608. The van der Waals surface area contributed by atoms with Crippen LogP contribution in [0.3, 0.4) is 0 Å². The highest BCUT2D eigenvalue weighted by Crippen LogP contribution is 2.53. The van der Waals surface area contributed by atoms with Crippen LogP contribution in [-0.4, -0.2) is 39.8 Å². The van der Waals surface area contributed by atoms with Gasteiger partial charge in [0.1, 0.15) is 11.3 Å². The van der Waals surface area contributed by atoms with Crippen LogP contribution in [0.1, 0.15) is 17.2 Å². The molecule has 0 bridgehead atoms. The normalized spacial score (nSPS) is 13.7. The molecule has 3 aromatic heterocycles. The van der Waals surface area contributed by atoms with Gasteiger partial charge in [-0.3, -0.25) is 4.57 Å². The summed E-state index contributed by atoms with van der Waals surface area (Å²) < 4.78 is 13.4. The maximum absolute atomic E-state index is 11.8. The fourth-order valence-corrected chi connectivity index (χ4v) is 3.15. The monoisotopic (exact) mass is 328 g/mol. The Labute approximate surface area is 123 Å². The van der Waals surface area contributed by atoms with Crippen molar-refractivity contribution in [2.24, 2.45) is 0 Å². The molecule has 0 aliphatic rings. The first kappa shape index (κ1) is 14.2. The number of fused-ring (bicyclic) bond motifs is 1. The molecule has 11 heteroatoms. The molecule has 3 heterocycles. The SMILES string of the molecule is O=P(O)(O)C(Cc1nn[nH]n1)c1cnc2cc(Cl)ccn12. The van der Waals surface area contributed by atoms with E-state index >= 15 is 0 Å². The number of hydrogen-bond donors (Lipinski definition) is 3. The Morgan fingerprint density at radius 1 is 1.48 bits per heavy atom. The summed E-state index contributed by atoms with van der Waals surface area (Å²) in [6.45, 7) is 0. The lowest BCUT2D eigenvalue weighted by molar-refractivity contribution is 0.356. The second kappa shape index (κ2) is 5.19. The topological polar surface area (TPSA) is 129 Å². The van der Waals surface area contributed by atoms with Crippen molar-refractivity contribution in [1.82, 2.24) is 30.0 Å². The maximum Gasteiger partial charge on any atom is 0.335 e. The van der Waals surface area contributed by atoms with Gasteiger partial charge >= 0.3 is 7.60 Å². The molecule has 0 amide bonds. The molecular formula is C10H10ClN6O3P. The number of tetrazole rings is 1. The lowest BCUT2D eigenvalue weighted by atomic mass is 10.2. The van der Waals surface area contributed by atoms with Gasteiger partial charge in [0.25, 0.3) is 0 Å². The van der Waals surface area contributed by atoms with Crippen LogP contribution in [0.5, 0.6) is 0 Å². The van der Waals surface area contributed by atoms with Gasteiger partial charge in [0.2, 0.25) is 0 Å². The summed E-state index contributed by atoms with van der Waals surface area (Å²) in [6.07, 6.45) is 2.96. The Kier molecular flexibility index (Phi) is 3.50. The van der Waals surface area contributed by atoms with E-state index in [1.807, 2.05) is 0 Å². The summed E-state index contributed by atoms with van der Waals surface area (Å²) in [7, 11) is -4.44. The first-order valence-electron chi connectivity index (χ1n) is 5.85. The predicted molar refractivity (Wildman–Crippen MR) is 72.9 cm³/mol. The number of rotatable bonds is 4. The number of pyridine rings is 1. The molecule has 110 valence electrons. The molecule has 3 aromatic rings. The minimum Gasteiger partial charge on any atom is -0.324 e. The minimum absolute atomic E-state index is 0.0583. The van der Waals surface area contributed by atoms with E-state index < -0.39 is 13.3 Å². The van der Waals surface area contributed by atoms with Crippen molar-refractivity contribution in [1.29, 1.82) is 0 Å². The predicted octanol–water partition coefficient (Wildman–Crippen LogP) is 0.962. The van der Waals surface area contributed by atoms with Crippen LogP contribution in [0.2, 0.25) is 5.02 Å². The van der Waals surface area contributed by atoms with Crippen LogP contribution >= 0.6 is 19.2 Å². The van der Waals surface area contributed by atoms with Crippen molar-refractivity contribution in [3.05, 3.63) is 41.1 Å². The third-order valence-corrected chi connectivity index (χ3v) is 4.51. The smallest absolute Gasteiger partial charge is 0.324 e. The van der Waals surface area contributed by atoms with E-state index in [2.05, 4.69) is 25.6 Å². The molecule has 3 rings (SSSR count). The van der Waals surface area contributed by atoms with Crippen LogP contribution in [0.4, 0.5) is 0 Å². The average Bonchev–Trinajstić information content (AvgIpc) is 3.02. The first-order valence-corrected chi connectivity index (χ1v) is 7.91. The molecule has 0 fully saturated rings. The van der Waals surface area contributed by atoms with Crippen LogP contribution in [0, 0.1) is 0 Å². The Balaban J connectivity index is 2.08. The largest absolute Gasteiger partial charge is 0.335 e. The summed E-state index contributed by atoms with van der Waals surface area (Å²) >= 11 is 5.87. The molecule has 1 unspecified atom stereocenters. The molecule has 0 saturated heterocycles. The van der Waals surface area contributed by atoms with Gasteiger partial charge in [-0.25, -0.2) is 4.98 Å². The molecular weight excluding hydrogens is 319 g/mol. The molecule has 0 aliphatic heterocycles. The molecule has 0 aromatic carbocycles. The molecule has 0 spiro atoms. The van der Waals surface area contributed by atoms with Crippen molar-refractivity contribution in [2.45, 2.75) is 12.1 Å². The Morgan fingerprint density at radius 3 is 2.95 bits per heavy atom. The highest BCUT2D eigenvalue weighted by atomic mass is 35.5. The van der Waals surface area contributed by atoms with Crippen molar-refractivity contribution in [3.8, 4) is 0 Å². The van der Waals surface area contributed by atoms with E-state index in [4.69, 9.17) is 11.6 Å².